The maximum Gasteiger partial charge on any atom is 0.243 e. The summed E-state index contributed by atoms with van der Waals surface area (Å²) in [5.74, 6) is 0.538. The van der Waals surface area contributed by atoms with Gasteiger partial charge in [-0.25, -0.2) is 18.4 Å². The van der Waals surface area contributed by atoms with Crippen molar-refractivity contribution in [1.29, 1.82) is 0 Å². The number of hydrogen-bond acceptors (Lipinski definition) is 5. The third kappa shape index (κ3) is 3.48. The molecule has 1 aromatic heterocycles. The molecule has 24 heavy (non-hydrogen) atoms. The van der Waals surface area contributed by atoms with Gasteiger partial charge in [0.25, 0.3) is 0 Å². The quantitative estimate of drug-likeness (QED) is 0.851. The summed E-state index contributed by atoms with van der Waals surface area (Å²) in [5.41, 5.74) is 2.72. The second kappa shape index (κ2) is 6.58. The molecule has 0 unspecified atom stereocenters. The summed E-state index contributed by atoms with van der Waals surface area (Å²) in [6.07, 6.45) is -0.447. The summed E-state index contributed by atoms with van der Waals surface area (Å²) in [6.45, 7) is 6.59. The summed E-state index contributed by atoms with van der Waals surface area (Å²) >= 11 is 0. The van der Waals surface area contributed by atoms with E-state index in [1.807, 2.05) is 26.8 Å². The van der Waals surface area contributed by atoms with Gasteiger partial charge < -0.3 is 4.74 Å². The largest absolute Gasteiger partial charge is 0.367 e. The van der Waals surface area contributed by atoms with Crippen LogP contribution in [0.1, 0.15) is 28.9 Å². The summed E-state index contributed by atoms with van der Waals surface area (Å²) in [6, 6.07) is 8.77. The van der Waals surface area contributed by atoms with Crippen LogP contribution in [-0.4, -0.2) is 42.4 Å². The fourth-order valence-electron chi connectivity index (χ4n) is 2.76. The van der Waals surface area contributed by atoms with Gasteiger partial charge in [0, 0.05) is 24.5 Å². The predicted octanol–water partition coefficient (Wildman–Crippen LogP) is 2.16. The number of aryl methyl sites for hydroxylation is 3. The van der Waals surface area contributed by atoms with E-state index in [9.17, 15) is 8.42 Å². The van der Waals surface area contributed by atoms with Crippen LogP contribution in [0.4, 0.5) is 0 Å². The van der Waals surface area contributed by atoms with Crippen molar-refractivity contribution in [3.63, 3.8) is 0 Å². The number of aromatic nitrogens is 2. The smallest absolute Gasteiger partial charge is 0.243 e. The first-order chi connectivity index (χ1) is 11.4. The maximum absolute atomic E-state index is 12.8. The molecule has 0 N–H and O–H groups in total. The molecule has 1 aliphatic heterocycles. The summed E-state index contributed by atoms with van der Waals surface area (Å²) in [5, 5.41) is 0. The van der Waals surface area contributed by atoms with Gasteiger partial charge in [0.2, 0.25) is 10.0 Å². The number of hydrogen-bond donors (Lipinski definition) is 0. The molecule has 1 saturated heterocycles. The normalized spacial score (nSPS) is 19.4. The molecule has 1 aliphatic rings. The molecule has 1 aromatic carbocycles. The van der Waals surface area contributed by atoms with Gasteiger partial charge >= 0.3 is 0 Å². The zero-order chi connectivity index (χ0) is 17.3. The van der Waals surface area contributed by atoms with E-state index in [4.69, 9.17) is 4.74 Å². The fraction of sp³-hybridized carbons (Fsp3) is 0.412. The van der Waals surface area contributed by atoms with Crippen LogP contribution in [0.3, 0.4) is 0 Å². The van der Waals surface area contributed by atoms with Crippen LogP contribution in [0, 0.1) is 20.8 Å². The summed E-state index contributed by atoms with van der Waals surface area (Å²) < 4.78 is 32.9. The molecule has 2 heterocycles. The van der Waals surface area contributed by atoms with Crippen LogP contribution in [-0.2, 0) is 14.8 Å². The fourth-order valence-corrected chi connectivity index (χ4v) is 4.18. The lowest BCUT2D eigenvalue weighted by molar-refractivity contribution is -0.00769. The van der Waals surface area contributed by atoms with Gasteiger partial charge in [-0.3, -0.25) is 0 Å². The monoisotopic (exact) mass is 347 g/mol. The number of morpholine rings is 1. The Morgan fingerprint density at radius 1 is 1.08 bits per heavy atom. The molecule has 3 rings (SSSR count). The molecule has 0 radical (unpaired) electrons. The van der Waals surface area contributed by atoms with Crippen LogP contribution in [0.15, 0.2) is 35.2 Å². The number of benzene rings is 1. The lowest BCUT2D eigenvalue weighted by Crippen LogP contribution is -2.42. The Kier molecular flexibility index (Phi) is 4.67. The lowest BCUT2D eigenvalue weighted by Gasteiger charge is -2.31. The maximum atomic E-state index is 12.8. The van der Waals surface area contributed by atoms with E-state index in [1.54, 1.807) is 24.3 Å². The molecular formula is C17H21N3O3S. The van der Waals surface area contributed by atoms with E-state index in [2.05, 4.69) is 9.97 Å². The number of rotatable bonds is 3. The first-order valence-corrected chi connectivity index (χ1v) is 9.31. The van der Waals surface area contributed by atoms with E-state index >= 15 is 0 Å². The van der Waals surface area contributed by atoms with Crippen molar-refractivity contribution in [3.05, 3.63) is 53.1 Å². The topological polar surface area (TPSA) is 72.4 Å². The van der Waals surface area contributed by atoms with Gasteiger partial charge in [-0.2, -0.15) is 4.31 Å². The van der Waals surface area contributed by atoms with Crippen molar-refractivity contribution < 1.29 is 13.2 Å². The van der Waals surface area contributed by atoms with Gasteiger partial charge in [0.05, 0.1) is 11.5 Å². The highest BCUT2D eigenvalue weighted by Crippen LogP contribution is 2.25. The SMILES string of the molecule is Cc1ccc(S(=O)(=O)N2CCO[C@H](c3nc(C)cc(C)n3)C2)cc1. The van der Waals surface area contributed by atoms with Crippen LogP contribution < -0.4 is 0 Å². The second-order valence-corrected chi connectivity index (χ2v) is 7.98. The van der Waals surface area contributed by atoms with E-state index in [1.165, 1.54) is 4.31 Å². The molecule has 0 amide bonds. The minimum atomic E-state index is -3.54. The Morgan fingerprint density at radius 2 is 1.71 bits per heavy atom. The van der Waals surface area contributed by atoms with E-state index < -0.39 is 16.1 Å². The summed E-state index contributed by atoms with van der Waals surface area (Å²) in [4.78, 5) is 9.10. The minimum Gasteiger partial charge on any atom is -0.367 e. The zero-order valence-corrected chi connectivity index (χ0v) is 14.9. The van der Waals surface area contributed by atoms with Crippen molar-refractivity contribution in [3.8, 4) is 0 Å². The van der Waals surface area contributed by atoms with Gasteiger partial charge in [0.15, 0.2) is 5.82 Å². The highest BCUT2D eigenvalue weighted by molar-refractivity contribution is 7.89. The van der Waals surface area contributed by atoms with Crippen molar-refractivity contribution >= 4 is 10.0 Å². The van der Waals surface area contributed by atoms with Crippen LogP contribution in [0.5, 0.6) is 0 Å². The molecule has 128 valence electrons. The first kappa shape index (κ1) is 17.0. The average Bonchev–Trinajstić information content (AvgIpc) is 2.54. The van der Waals surface area contributed by atoms with Crippen molar-refractivity contribution in [2.75, 3.05) is 19.7 Å². The van der Waals surface area contributed by atoms with Gasteiger partial charge in [0.1, 0.15) is 6.10 Å². The number of ether oxygens (including phenoxy) is 1. The first-order valence-electron chi connectivity index (χ1n) is 7.87. The molecule has 1 fully saturated rings. The summed E-state index contributed by atoms with van der Waals surface area (Å²) in [7, 11) is -3.54. The number of sulfonamides is 1. The molecule has 6 nitrogen and oxygen atoms in total. The van der Waals surface area contributed by atoms with Crippen LogP contribution in [0.2, 0.25) is 0 Å². The zero-order valence-electron chi connectivity index (χ0n) is 14.1. The molecule has 0 bridgehead atoms. The number of nitrogens with zero attached hydrogens (tertiary/aromatic N) is 3. The molecule has 2 aromatic rings. The van der Waals surface area contributed by atoms with Crippen molar-refractivity contribution in [1.82, 2.24) is 14.3 Å². The third-order valence-electron chi connectivity index (χ3n) is 3.98. The van der Waals surface area contributed by atoms with Gasteiger partial charge in [-0.15, -0.1) is 0 Å². The molecule has 0 spiro atoms. The predicted molar refractivity (Wildman–Crippen MR) is 90.1 cm³/mol. The molecular weight excluding hydrogens is 326 g/mol. The van der Waals surface area contributed by atoms with E-state index in [0.29, 0.717) is 23.9 Å². The average molecular weight is 347 g/mol. The van der Waals surface area contributed by atoms with Crippen molar-refractivity contribution in [2.24, 2.45) is 0 Å². The standard InChI is InChI=1S/C17H21N3O3S/c1-12-4-6-15(7-5-12)24(21,22)20-8-9-23-16(11-20)17-18-13(2)10-14(3)19-17/h4-7,10,16H,8-9,11H2,1-3H3/t16-/m0/s1. The Morgan fingerprint density at radius 3 is 2.33 bits per heavy atom. The van der Waals surface area contributed by atoms with E-state index in [-0.39, 0.29) is 6.54 Å². The van der Waals surface area contributed by atoms with Gasteiger partial charge in [-0.1, -0.05) is 17.7 Å². The van der Waals surface area contributed by atoms with Gasteiger partial charge in [-0.05, 0) is 39.0 Å². The molecule has 1 atom stereocenters. The minimum absolute atomic E-state index is 0.221. The molecule has 0 saturated carbocycles. The van der Waals surface area contributed by atoms with Crippen LogP contribution in [0.25, 0.3) is 0 Å². The van der Waals surface area contributed by atoms with Crippen molar-refractivity contribution in [2.45, 2.75) is 31.8 Å². The highest BCUT2D eigenvalue weighted by atomic mass is 32.2. The van der Waals surface area contributed by atoms with E-state index in [0.717, 1.165) is 17.0 Å². The highest BCUT2D eigenvalue weighted by Gasteiger charge is 2.32. The van der Waals surface area contributed by atoms with Crippen LogP contribution >= 0.6 is 0 Å². The Bertz CT molecular complexity index is 814. The third-order valence-corrected chi connectivity index (χ3v) is 5.85. The second-order valence-electron chi connectivity index (χ2n) is 6.04. The Labute approximate surface area is 142 Å². The Hall–Kier alpha value is -1.83. The molecule has 7 heteroatoms. The molecule has 0 aliphatic carbocycles. The Balaban J connectivity index is 1.86. The lowest BCUT2D eigenvalue weighted by atomic mass is 10.2.